The minimum Gasteiger partial charge on any atom is -0.496 e. The molecule has 0 aliphatic rings. The van der Waals surface area contributed by atoms with Crippen molar-refractivity contribution >= 4 is 21.6 Å². The average molecular weight is 244 g/mol. The summed E-state index contributed by atoms with van der Waals surface area (Å²) < 4.78 is 5.27. The first kappa shape index (κ1) is 10.4. The Morgan fingerprint density at radius 3 is 2.23 bits per heavy atom. The molecule has 0 atom stereocenters. The number of hydrogen-bond acceptors (Lipinski definition) is 2. The SMILES string of the molecule is COc1c(C)cc(NCBr)cc1C. The van der Waals surface area contributed by atoms with Gasteiger partial charge in [0, 0.05) is 5.69 Å². The molecule has 0 heterocycles. The number of rotatable bonds is 3. The van der Waals surface area contributed by atoms with Crippen LogP contribution in [0.15, 0.2) is 12.1 Å². The van der Waals surface area contributed by atoms with Crippen LogP contribution in [-0.4, -0.2) is 12.6 Å². The summed E-state index contributed by atoms with van der Waals surface area (Å²) in [4.78, 5) is 0. The summed E-state index contributed by atoms with van der Waals surface area (Å²) in [7, 11) is 1.70. The van der Waals surface area contributed by atoms with Gasteiger partial charge in [-0.05, 0) is 37.1 Å². The van der Waals surface area contributed by atoms with Gasteiger partial charge in [-0.3, -0.25) is 0 Å². The fraction of sp³-hybridized carbons (Fsp3) is 0.400. The van der Waals surface area contributed by atoms with Gasteiger partial charge in [0.05, 0.1) is 12.6 Å². The minimum absolute atomic E-state index is 0.762. The van der Waals surface area contributed by atoms with E-state index in [9.17, 15) is 0 Å². The molecule has 1 aromatic carbocycles. The van der Waals surface area contributed by atoms with Crippen LogP contribution in [0.4, 0.5) is 5.69 Å². The van der Waals surface area contributed by atoms with Crippen molar-refractivity contribution in [1.29, 1.82) is 0 Å². The van der Waals surface area contributed by atoms with Gasteiger partial charge in [-0.25, -0.2) is 0 Å². The third kappa shape index (κ3) is 2.37. The standard InChI is InChI=1S/C10H14BrNO/c1-7-4-9(12-6-11)5-8(2)10(7)13-3/h4-5,12H,6H2,1-3H3. The summed E-state index contributed by atoms with van der Waals surface area (Å²) >= 11 is 3.33. The van der Waals surface area contributed by atoms with Crippen molar-refractivity contribution in [3.8, 4) is 5.75 Å². The van der Waals surface area contributed by atoms with Crippen LogP contribution >= 0.6 is 15.9 Å². The van der Waals surface area contributed by atoms with Gasteiger partial charge in [0.2, 0.25) is 0 Å². The average Bonchev–Trinajstić information content (AvgIpc) is 2.04. The van der Waals surface area contributed by atoms with Crippen LogP contribution in [0.2, 0.25) is 0 Å². The number of ether oxygens (including phenoxy) is 1. The second kappa shape index (κ2) is 4.51. The third-order valence-corrected chi connectivity index (χ3v) is 2.22. The van der Waals surface area contributed by atoms with E-state index >= 15 is 0 Å². The maximum Gasteiger partial charge on any atom is 0.124 e. The van der Waals surface area contributed by atoms with Gasteiger partial charge in [-0.2, -0.15) is 0 Å². The normalized spacial score (nSPS) is 9.85. The molecule has 1 rings (SSSR count). The molecule has 0 aliphatic heterocycles. The molecule has 13 heavy (non-hydrogen) atoms. The fourth-order valence-corrected chi connectivity index (χ4v) is 1.78. The topological polar surface area (TPSA) is 21.3 Å². The number of nitrogens with one attached hydrogen (secondary N) is 1. The summed E-state index contributed by atoms with van der Waals surface area (Å²) in [5, 5.41) is 3.20. The van der Waals surface area contributed by atoms with Gasteiger partial charge in [0.1, 0.15) is 5.75 Å². The molecule has 0 aliphatic carbocycles. The molecule has 0 amide bonds. The molecule has 0 fully saturated rings. The molecule has 0 saturated heterocycles. The van der Waals surface area contributed by atoms with Gasteiger partial charge in [-0.15, -0.1) is 0 Å². The number of anilines is 1. The van der Waals surface area contributed by atoms with Gasteiger partial charge in [-0.1, -0.05) is 15.9 Å². The first-order chi connectivity index (χ1) is 6.19. The Labute approximate surface area is 87.4 Å². The quantitative estimate of drug-likeness (QED) is 0.651. The van der Waals surface area contributed by atoms with E-state index in [-0.39, 0.29) is 0 Å². The molecule has 72 valence electrons. The van der Waals surface area contributed by atoms with E-state index in [2.05, 4.69) is 33.4 Å². The molecule has 0 unspecified atom stereocenters. The number of alkyl halides is 1. The predicted octanol–water partition coefficient (Wildman–Crippen LogP) is 3.08. The summed E-state index contributed by atoms with van der Waals surface area (Å²) in [6.45, 7) is 4.09. The molecule has 0 spiro atoms. The van der Waals surface area contributed by atoms with Gasteiger partial charge in [0.15, 0.2) is 0 Å². The van der Waals surface area contributed by atoms with Crippen LogP contribution in [0.3, 0.4) is 0 Å². The lowest BCUT2D eigenvalue weighted by Crippen LogP contribution is -1.97. The Morgan fingerprint density at radius 1 is 1.31 bits per heavy atom. The monoisotopic (exact) mass is 243 g/mol. The van der Waals surface area contributed by atoms with Gasteiger partial charge < -0.3 is 10.1 Å². The van der Waals surface area contributed by atoms with Crippen molar-refractivity contribution < 1.29 is 4.74 Å². The fourth-order valence-electron chi connectivity index (χ4n) is 1.45. The highest BCUT2D eigenvalue weighted by Crippen LogP contribution is 2.26. The van der Waals surface area contributed by atoms with Crippen LogP contribution in [0.25, 0.3) is 0 Å². The Balaban J connectivity index is 3.05. The second-order valence-electron chi connectivity index (χ2n) is 2.95. The molecule has 2 nitrogen and oxygen atoms in total. The molecule has 0 aromatic heterocycles. The molecule has 3 heteroatoms. The van der Waals surface area contributed by atoms with Gasteiger partial charge in [0.25, 0.3) is 0 Å². The highest BCUT2D eigenvalue weighted by atomic mass is 79.9. The largest absolute Gasteiger partial charge is 0.496 e. The van der Waals surface area contributed by atoms with Crippen molar-refractivity contribution in [2.75, 3.05) is 17.9 Å². The van der Waals surface area contributed by atoms with E-state index in [1.807, 2.05) is 13.8 Å². The maximum absolute atomic E-state index is 5.27. The zero-order chi connectivity index (χ0) is 9.84. The number of aryl methyl sites for hydroxylation is 2. The van der Waals surface area contributed by atoms with E-state index < -0.39 is 0 Å². The Kier molecular flexibility index (Phi) is 3.60. The van der Waals surface area contributed by atoms with E-state index in [1.54, 1.807) is 7.11 Å². The molecule has 1 N–H and O–H groups in total. The van der Waals surface area contributed by atoms with E-state index in [0.717, 1.165) is 28.0 Å². The van der Waals surface area contributed by atoms with Crippen LogP contribution < -0.4 is 10.1 Å². The first-order valence-corrected chi connectivity index (χ1v) is 5.26. The van der Waals surface area contributed by atoms with E-state index in [1.165, 1.54) is 0 Å². The van der Waals surface area contributed by atoms with Crippen LogP contribution in [0.5, 0.6) is 5.75 Å². The summed E-state index contributed by atoms with van der Waals surface area (Å²) in [6, 6.07) is 4.15. The van der Waals surface area contributed by atoms with E-state index in [4.69, 9.17) is 4.74 Å². The number of methoxy groups -OCH3 is 1. The molecule has 0 bridgehead atoms. The highest BCUT2D eigenvalue weighted by Gasteiger charge is 2.03. The smallest absolute Gasteiger partial charge is 0.124 e. The predicted molar refractivity (Wildman–Crippen MR) is 59.9 cm³/mol. The Bertz CT molecular complexity index is 276. The van der Waals surface area contributed by atoms with Crippen molar-refractivity contribution in [3.05, 3.63) is 23.3 Å². The van der Waals surface area contributed by atoms with Crippen LogP contribution in [-0.2, 0) is 0 Å². The summed E-state index contributed by atoms with van der Waals surface area (Å²) in [6.07, 6.45) is 0. The van der Waals surface area contributed by atoms with Crippen molar-refractivity contribution in [2.24, 2.45) is 0 Å². The zero-order valence-electron chi connectivity index (χ0n) is 8.15. The second-order valence-corrected chi connectivity index (χ2v) is 3.51. The number of hydrogen-bond donors (Lipinski definition) is 1. The molecular weight excluding hydrogens is 230 g/mol. The highest BCUT2D eigenvalue weighted by molar-refractivity contribution is 9.09. The lowest BCUT2D eigenvalue weighted by Gasteiger charge is -2.11. The minimum atomic E-state index is 0.762. The van der Waals surface area contributed by atoms with Crippen LogP contribution in [0, 0.1) is 13.8 Å². The summed E-state index contributed by atoms with van der Waals surface area (Å²) in [5.41, 5.74) is 4.20. The Hall–Kier alpha value is -0.700. The van der Waals surface area contributed by atoms with Gasteiger partial charge >= 0.3 is 0 Å². The molecule has 0 saturated carbocycles. The molecular formula is C10H14BrNO. The summed E-state index contributed by atoms with van der Waals surface area (Å²) in [5.74, 6) is 0.972. The van der Waals surface area contributed by atoms with E-state index in [0.29, 0.717) is 0 Å². The Morgan fingerprint density at radius 2 is 1.85 bits per heavy atom. The van der Waals surface area contributed by atoms with Crippen molar-refractivity contribution in [2.45, 2.75) is 13.8 Å². The lowest BCUT2D eigenvalue weighted by atomic mass is 10.1. The van der Waals surface area contributed by atoms with Crippen molar-refractivity contribution in [1.82, 2.24) is 0 Å². The molecule has 0 radical (unpaired) electrons. The van der Waals surface area contributed by atoms with Crippen LogP contribution in [0.1, 0.15) is 11.1 Å². The molecule has 1 aromatic rings. The maximum atomic E-state index is 5.27. The number of benzene rings is 1. The van der Waals surface area contributed by atoms with Crippen molar-refractivity contribution in [3.63, 3.8) is 0 Å². The first-order valence-electron chi connectivity index (χ1n) is 4.14. The lowest BCUT2D eigenvalue weighted by molar-refractivity contribution is 0.408. The number of halogens is 1. The zero-order valence-corrected chi connectivity index (χ0v) is 9.73. The third-order valence-electron chi connectivity index (χ3n) is 1.94.